The van der Waals surface area contributed by atoms with Gasteiger partial charge >= 0.3 is 0 Å². The molecule has 2 aromatic carbocycles. The second kappa shape index (κ2) is 8.80. The molecule has 1 aliphatic rings. The van der Waals surface area contributed by atoms with Crippen molar-refractivity contribution >= 4 is 11.6 Å². The SMILES string of the molecule is COc1ccc([C@@H](C)NC(=O)c2ccc(N3CCCCC3)cc2)cc1OC. The predicted molar refractivity (Wildman–Crippen MR) is 108 cm³/mol. The average molecular weight is 368 g/mol. The molecule has 3 rings (SSSR count). The molecule has 1 heterocycles. The lowest BCUT2D eigenvalue weighted by Crippen LogP contribution is -2.29. The number of benzene rings is 2. The summed E-state index contributed by atoms with van der Waals surface area (Å²) in [4.78, 5) is 15.0. The normalized spacial score (nSPS) is 15.1. The number of methoxy groups -OCH3 is 2. The highest BCUT2D eigenvalue weighted by molar-refractivity contribution is 5.94. The van der Waals surface area contributed by atoms with Crippen LogP contribution in [0.5, 0.6) is 11.5 Å². The second-order valence-electron chi connectivity index (χ2n) is 6.90. The van der Waals surface area contributed by atoms with E-state index < -0.39 is 0 Å². The van der Waals surface area contributed by atoms with Crippen LogP contribution in [-0.2, 0) is 0 Å². The molecule has 144 valence electrons. The summed E-state index contributed by atoms with van der Waals surface area (Å²) < 4.78 is 10.6. The molecule has 1 saturated heterocycles. The summed E-state index contributed by atoms with van der Waals surface area (Å²) in [7, 11) is 3.21. The Balaban J connectivity index is 1.65. The minimum Gasteiger partial charge on any atom is -0.493 e. The molecule has 27 heavy (non-hydrogen) atoms. The van der Waals surface area contributed by atoms with Gasteiger partial charge in [-0.25, -0.2) is 0 Å². The van der Waals surface area contributed by atoms with Crippen LogP contribution in [0.25, 0.3) is 0 Å². The summed E-state index contributed by atoms with van der Waals surface area (Å²) in [6, 6.07) is 13.4. The van der Waals surface area contributed by atoms with Crippen molar-refractivity contribution in [1.29, 1.82) is 0 Å². The van der Waals surface area contributed by atoms with Crippen LogP contribution < -0.4 is 19.7 Å². The molecule has 1 N–H and O–H groups in total. The van der Waals surface area contributed by atoms with Crippen molar-refractivity contribution in [2.45, 2.75) is 32.2 Å². The molecular formula is C22H28N2O3. The first-order valence-electron chi connectivity index (χ1n) is 9.50. The summed E-state index contributed by atoms with van der Waals surface area (Å²) in [5.41, 5.74) is 2.83. The fraction of sp³-hybridized carbons (Fsp3) is 0.409. The third kappa shape index (κ3) is 4.54. The van der Waals surface area contributed by atoms with E-state index in [1.807, 2.05) is 49.4 Å². The number of nitrogens with one attached hydrogen (secondary N) is 1. The number of nitrogens with zero attached hydrogens (tertiary/aromatic N) is 1. The number of anilines is 1. The van der Waals surface area contributed by atoms with Gasteiger partial charge in [0.2, 0.25) is 0 Å². The van der Waals surface area contributed by atoms with E-state index >= 15 is 0 Å². The highest BCUT2D eigenvalue weighted by Gasteiger charge is 2.15. The molecule has 1 fully saturated rings. The van der Waals surface area contributed by atoms with Gasteiger partial charge in [0.05, 0.1) is 20.3 Å². The van der Waals surface area contributed by atoms with Crippen molar-refractivity contribution in [2.24, 2.45) is 0 Å². The van der Waals surface area contributed by atoms with Crippen LogP contribution in [0.4, 0.5) is 5.69 Å². The Morgan fingerprint density at radius 3 is 2.26 bits per heavy atom. The van der Waals surface area contributed by atoms with Gasteiger partial charge in [0, 0.05) is 24.3 Å². The van der Waals surface area contributed by atoms with Gasteiger partial charge in [-0.15, -0.1) is 0 Å². The van der Waals surface area contributed by atoms with E-state index in [2.05, 4.69) is 10.2 Å². The largest absolute Gasteiger partial charge is 0.493 e. The standard InChI is InChI=1S/C22H28N2O3/c1-16(18-9-12-20(26-2)21(15-18)27-3)23-22(25)17-7-10-19(11-8-17)24-13-5-4-6-14-24/h7-12,15-16H,4-6,13-14H2,1-3H3,(H,23,25)/t16-/m1/s1. The highest BCUT2D eigenvalue weighted by atomic mass is 16.5. The van der Waals surface area contributed by atoms with Crippen LogP contribution in [0, 0.1) is 0 Å². The molecule has 0 spiro atoms. The van der Waals surface area contributed by atoms with Crippen LogP contribution >= 0.6 is 0 Å². The summed E-state index contributed by atoms with van der Waals surface area (Å²) in [5.74, 6) is 1.25. The maximum Gasteiger partial charge on any atom is 0.251 e. The lowest BCUT2D eigenvalue weighted by atomic mass is 10.1. The molecule has 5 nitrogen and oxygen atoms in total. The molecule has 2 aromatic rings. The summed E-state index contributed by atoms with van der Waals surface area (Å²) >= 11 is 0. The number of carbonyl (C=O) groups excluding carboxylic acids is 1. The molecule has 0 bridgehead atoms. The van der Waals surface area contributed by atoms with Crippen LogP contribution in [0.2, 0.25) is 0 Å². The minimum absolute atomic E-state index is 0.0810. The van der Waals surface area contributed by atoms with Gasteiger partial charge in [-0.2, -0.15) is 0 Å². The van der Waals surface area contributed by atoms with Crippen molar-refractivity contribution < 1.29 is 14.3 Å². The lowest BCUT2D eigenvalue weighted by Gasteiger charge is -2.28. The Bertz CT molecular complexity index is 768. The smallest absolute Gasteiger partial charge is 0.251 e. The van der Waals surface area contributed by atoms with Crippen LogP contribution in [0.1, 0.15) is 48.1 Å². The van der Waals surface area contributed by atoms with Crippen molar-refractivity contribution in [3.8, 4) is 11.5 Å². The molecule has 5 heteroatoms. The monoisotopic (exact) mass is 368 g/mol. The fourth-order valence-corrected chi connectivity index (χ4v) is 3.46. The van der Waals surface area contributed by atoms with Crippen molar-refractivity contribution in [2.75, 3.05) is 32.2 Å². The Hall–Kier alpha value is -2.69. The number of ether oxygens (including phenoxy) is 2. The number of carbonyl (C=O) groups is 1. The minimum atomic E-state index is -0.140. The molecule has 1 atom stereocenters. The summed E-state index contributed by atoms with van der Waals surface area (Å²) in [5, 5.41) is 3.05. The van der Waals surface area contributed by atoms with Gasteiger partial charge in [0.25, 0.3) is 5.91 Å². The molecule has 0 saturated carbocycles. The quantitative estimate of drug-likeness (QED) is 0.831. The molecule has 0 aliphatic carbocycles. The number of rotatable bonds is 6. The Morgan fingerprint density at radius 1 is 0.963 bits per heavy atom. The van der Waals surface area contributed by atoms with Gasteiger partial charge in [0.15, 0.2) is 11.5 Å². The zero-order valence-electron chi connectivity index (χ0n) is 16.3. The summed E-state index contributed by atoms with van der Waals surface area (Å²) in [6.07, 6.45) is 3.79. The van der Waals surface area contributed by atoms with E-state index in [1.54, 1.807) is 14.2 Å². The third-order valence-corrected chi connectivity index (χ3v) is 5.11. The van der Waals surface area contributed by atoms with Gasteiger partial charge < -0.3 is 19.7 Å². The lowest BCUT2D eigenvalue weighted by molar-refractivity contribution is 0.0940. The van der Waals surface area contributed by atoms with Gasteiger partial charge in [-0.05, 0) is 68.1 Å². The third-order valence-electron chi connectivity index (χ3n) is 5.11. The fourth-order valence-electron chi connectivity index (χ4n) is 3.46. The van der Waals surface area contributed by atoms with Crippen molar-refractivity contribution in [3.05, 3.63) is 53.6 Å². The Morgan fingerprint density at radius 2 is 1.63 bits per heavy atom. The van der Waals surface area contributed by atoms with Crippen LogP contribution in [-0.4, -0.2) is 33.2 Å². The van der Waals surface area contributed by atoms with Crippen molar-refractivity contribution in [3.63, 3.8) is 0 Å². The van der Waals surface area contributed by atoms with Gasteiger partial charge in [-0.3, -0.25) is 4.79 Å². The van der Waals surface area contributed by atoms with Gasteiger partial charge in [0.1, 0.15) is 0 Å². The van der Waals surface area contributed by atoms with Gasteiger partial charge in [-0.1, -0.05) is 6.07 Å². The Kier molecular flexibility index (Phi) is 6.22. The molecular weight excluding hydrogens is 340 g/mol. The first-order chi connectivity index (χ1) is 13.1. The van der Waals surface area contributed by atoms with Crippen LogP contribution in [0.15, 0.2) is 42.5 Å². The predicted octanol–water partition coefficient (Wildman–Crippen LogP) is 4.19. The molecule has 1 aliphatic heterocycles. The molecule has 0 radical (unpaired) electrons. The zero-order valence-corrected chi connectivity index (χ0v) is 16.3. The van der Waals surface area contributed by atoms with E-state index in [0.29, 0.717) is 17.1 Å². The molecule has 1 amide bonds. The number of hydrogen-bond acceptors (Lipinski definition) is 4. The van der Waals surface area contributed by atoms with E-state index in [0.717, 1.165) is 18.7 Å². The van der Waals surface area contributed by atoms with E-state index in [9.17, 15) is 4.79 Å². The number of piperidine rings is 1. The topological polar surface area (TPSA) is 50.8 Å². The van der Waals surface area contributed by atoms with E-state index in [4.69, 9.17) is 9.47 Å². The first-order valence-corrected chi connectivity index (χ1v) is 9.50. The zero-order chi connectivity index (χ0) is 19.2. The maximum absolute atomic E-state index is 12.6. The first kappa shape index (κ1) is 19.1. The van der Waals surface area contributed by atoms with Crippen LogP contribution in [0.3, 0.4) is 0 Å². The van der Waals surface area contributed by atoms with E-state index in [-0.39, 0.29) is 11.9 Å². The Labute approximate surface area is 161 Å². The molecule has 0 aromatic heterocycles. The highest BCUT2D eigenvalue weighted by Crippen LogP contribution is 2.30. The number of amides is 1. The number of hydrogen-bond donors (Lipinski definition) is 1. The maximum atomic E-state index is 12.6. The average Bonchev–Trinajstić information content (AvgIpc) is 2.73. The summed E-state index contributed by atoms with van der Waals surface area (Å²) in [6.45, 7) is 4.16. The van der Waals surface area contributed by atoms with E-state index in [1.165, 1.54) is 24.9 Å². The molecule has 0 unspecified atom stereocenters. The second-order valence-corrected chi connectivity index (χ2v) is 6.90. The van der Waals surface area contributed by atoms with Crippen molar-refractivity contribution in [1.82, 2.24) is 5.32 Å².